The van der Waals surface area contributed by atoms with Gasteiger partial charge in [0.1, 0.15) is 0 Å². The zero-order valence-corrected chi connectivity index (χ0v) is 30.7. The SMILES string of the molecule is C1=CCCC(c2cc(-c3ccc(-n4c5ccccc5c5cc(-c6cccc7c6c6ccccc6n7-c6ccccc6)ccc54)cc3)nc(-c3ccccc3)n2)=C1. The first-order valence-corrected chi connectivity index (χ1v) is 19.3. The molecule has 0 aliphatic heterocycles. The Morgan fingerprint density at radius 1 is 0.429 bits per heavy atom. The molecule has 3 aromatic heterocycles. The van der Waals surface area contributed by atoms with Crippen molar-refractivity contribution in [3.63, 3.8) is 0 Å². The third-order valence-corrected chi connectivity index (χ3v) is 11.2. The van der Waals surface area contributed by atoms with Gasteiger partial charge in [-0.3, -0.25) is 0 Å². The normalized spacial score (nSPS) is 12.9. The van der Waals surface area contributed by atoms with E-state index in [1.807, 2.05) is 18.2 Å². The molecule has 0 atom stereocenters. The Kier molecular flexibility index (Phi) is 7.59. The molecule has 0 saturated heterocycles. The number of nitrogens with zero attached hydrogens (tertiary/aromatic N) is 4. The first kappa shape index (κ1) is 32.2. The molecular weight excluding hydrogens is 681 g/mol. The maximum atomic E-state index is 5.09. The highest BCUT2D eigenvalue weighted by atomic mass is 15.0. The highest BCUT2D eigenvalue weighted by Crippen LogP contribution is 2.41. The van der Waals surface area contributed by atoms with E-state index in [1.165, 1.54) is 60.3 Å². The lowest BCUT2D eigenvalue weighted by atomic mass is 9.98. The molecule has 0 unspecified atom stereocenters. The van der Waals surface area contributed by atoms with Crippen LogP contribution >= 0.6 is 0 Å². The molecule has 56 heavy (non-hydrogen) atoms. The molecule has 1 aliphatic rings. The molecule has 10 aromatic rings. The van der Waals surface area contributed by atoms with Crippen LogP contribution in [0, 0.1) is 0 Å². The summed E-state index contributed by atoms with van der Waals surface area (Å²) in [6.07, 6.45) is 8.53. The van der Waals surface area contributed by atoms with Gasteiger partial charge in [0.2, 0.25) is 0 Å². The lowest BCUT2D eigenvalue weighted by molar-refractivity contribution is 1.03. The summed E-state index contributed by atoms with van der Waals surface area (Å²) in [7, 11) is 0. The van der Waals surface area contributed by atoms with Crippen LogP contribution in [0.2, 0.25) is 0 Å². The van der Waals surface area contributed by atoms with Gasteiger partial charge in [0.25, 0.3) is 0 Å². The minimum atomic E-state index is 0.746. The van der Waals surface area contributed by atoms with Gasteiger partial charge in [-0.05, 0) is 90.2 Å². The number of fused-ring (bicyclic) bond motifs is 6. The van der Waals surface area contributed by atoms with Crippen molar-refractivity contribution in [3.8, 4) is 45.1 Å². The molecule has 264 valence electrons. The fraction of sp³-hybridized carbons (Fsp3) is 0.0385. The summed E-state index contributed by atoms with van der Waals surface area (Å²) >= 11 is 0. The topological polar surface area (TPSA) is 35.6 Å². The average molecular weight is 717 g/mol. The Morgan fingerprint density at radius 2 is 1.05 bits per heavy atom. The van der Waals surface area contributed by atoms with Crippen molar-refractivity contribution in [1.29, 1.82) is 0 Å². The third-order valence-electron chi connectivity index (χ3n) is 11.2. The zero-order valence-electron chi connectivity index (χ0n) is 30.7. The molecule has 4 nitrogen and oxygen atoms in total. The van der Waals surface area contributed by atoms with Gasteiger partial charge in [-0.2, -0.15) is 0 Å². The molecule has 0 spiro atoms. The summed E-state index contributed by atoms with van der Waals surface area (Å²) in [5.41, 5.74) is 14.7. The van der Waals surface area contributed by atoms with Crippen LogP contribution in [-0.4, -0.2) is 19.1 Å². The second-order valence-electron chi connectivity index (χ2n) is 14.5. The summed E-state index contributed by atoms with van der Waals surface area (Å²) in [5.74, 6) is 0.746. The number of hydrogen-bond acceptors (Lipinski definition) is 2. The van der Waals surface area contributed by atoms with Crippen LogP contribution in [-0.2, 0) is 0 Å². The highest BCUT2D eigenvalue weighted by Gasteiger charge is 2.19. The maximum Gasteiger partial charge on any atom is 0.160 e. The van der Waals surface area contributed by atoms with Gasteiger partial charge in [-0.15, -0.1) is 0 Å². The molecule has 0 fully saturated rings. The lowest BCUT2D eigenvalue weighted by Crippen LogP contribution is -2.00. The predicted molar refractivity (Wildman–Crippen MR) is 233 cm³/mol. The first-order valence-electron chi connectivity index (χ1n) is 19.3. The van der Waals surface area contributed by atoms with Crippen molar-refractivity contribution < 1.29 is 0 Å². The van der Waals surface area contributed by atoms with Crippen LogP contribution in [0.15, 0.2) is 194 Å². The Bertz CT molecular complexity index is 3160. The van der Waals surface area contributed by atoms with Crippen molar-refractivity contribution in [3.05, 3.63) is 200 Å². The minimum absolute atomic E-state index is 0.746. The van der Waals surface area contributed by atoms with Gasteiger partial charge < -0.3 is 9.13 Å². The monoisotopic (exact) mass is 716 g/mol. The van der Waals surface area contributed by atoms with Crippen LogP contribution in [0.4, 0.5) is 0 Å². The number of rotatable bonds is 6. The molecule has 0 N–H and O–H groups in total. The van der Waals surface area contributed by atoms with E-state index in [4.69, 9.17) is 9.97 Å². The van der Waals surface area contributed by atoms with Crippen molar-refractivity contribution >= 4 is 49.2 Å². The largest absolute Gasteiger partial charge is 0.309 e. The van der Waals surface area contributed by atoms with Crippen LogP contribution in [0.1, 0.15) is 18.5 Å². The summed E-state index contributed by atoms with van der Waals surface area (Å²) in [6.45, 7) is 0. The highest BCUT2D eigenvalue weighted by molar-refractivity contribution is 6.17. The molecule has 0 saturated carbocycles. The Morgan fingerprint density at radius 3 is 1.84 bits per heavy atom. The number of para-hydroxylation sites is 3. The second kappa shape index (κ2) is 13.2. The van der Waals surface area contributed by atoms with Gasteiger partial charge in [-0.25, -0.2) is 9.97 Å². The Labute approximate surface area is 325 Å². The van der Waals surface area contributed by atoms with Crippen LogP contribution in [0.3, 0.4) is 0 Å². The first-order chi connectivity index (χ1) is 27.8. The number of hydrogen-bond donors (Lipinski definition) is 0. The van der Waals surface area contributed by atoms with Crippen LogP contribution in [0.25, 0.3) is 94.3 Å². The number of aromatic nitrogens is 4. The van der Waals surface area contributed by atoms with E-state index < -0.39 is 0 Å². The summed E-state index contributed by atoms with van der Waals surface area (Å²) in [4.78, 5) is 10.1. The minimum Gasteiger partial charge on any atom is -0.309 e. The maximum absolute atomic E-state index is 5.09. The van der Waals surface area contributed by atoms with Gasteiger partial charge >= 0.3 is 0 Å². The summed E-state index contributed by atoms with van der Waals surface area (Å²) < 4.78 is 4.78. The van der Waals surface area contributed by atoms with Gasteiger partial charge in [0.05, 0.1) is 33.5 Å². The predicted octanol–water partition coefficient (Wildman–Crippen LogP) is 13.4. The van der Waals surface area contributed by atoms with Gasteiger partial charge in [0, 0.05) is 44.0 Å². The molecule has 7 aromatic carbocycles. The molecule has 0 radical (unpaired) electrons. The number of allylic oxidation sites excluding steroid dienone is 4. The molecule has 4 heteroatoms. The average Bonchev–Trinajstić information content (AvgIpc) is 3.80. The van der Waals surface area contributed by atoms with Crippen LogP contribution < -0.4 is 0 Å². The molecule has 11 rings (SSSR count). The molecule has 0 bridgehead atoms. The standard InChI is InChI=1S/C52H36N4/c1-4-15-35(16-5-1)45-34-46(54-52(53-45)37-17-6-2-7-18-37)36-27-30-40(31-28-36)55-47-24-12-10-21-42(47)44-33-38(29-32-49(44)55)41-23-14-26-50-51(41)43-22-11-13-25-48(43)56(50)39-19-8-3-9-20-39/h1-4,6-15,17-34H,5,16H2. The Balaban J connectivity index is 1.04. The van der Waals surface area contributed by atoms with Gasteiger partial charge in [-0.1, -0.05) is 133 Å². The van der Waals surface area contributed by atoms with Crippen molar-refractivity contribution in [2.24, 2.45) is 0 Å². The van der Waals surface area contributed by atoms with E-state index >= 15 is 0 Å². The van der Waals surface area contributed by atoms with E-state index in [-0.39, 0.29) is 0 Å². The number of benzene rings is 7. The van der Waals surface area contributed by atoms with Crippen molar-refractivity contribution in [2.45, 2.75) is 12.8 Å². The summed E-state index contributed by atoms with van der Waals surface area (Å²) in [5, 5.41) is 4.98. The fourth-order valence-electron chi connectivity index (χ4n) is 8.61. The van der Waals surface area contributed by atoms with E-state index in [9.17, 15) is 0 Å². The van der Waals surface area contributed by atoms with Gasteiger partial charge in [0.15, 0.2) is 5.82 Å². The van der Waals surface area contributed by atoms with Crippen LogP contribution in [0.5, 0.6) is 0 Å². The smallest absolute Gasteiger partial charge is 0.160 e. The quantitative estimate of drug-likeness (QED) is 0.172. The van der Waals surface area contributed by atoms with Crippen molar-refractivity contribution in [2.75, 3.05) is 0 Å². The van der Waals surface area contributed by atoms with E-state index in [0.29, 0.717) is 0 Å². The molecule has 1 aliphatic carbocycles. The van der Waals surface area contributed by atoms with E-state index in [0.717, 1.165) is 52.6 Å². The molecule has 0 amide bonds. The van der Waals surface area contributed by atoms with E-state index in [2.05, 4.69) is 185 Å². The molecular formula is C52H36N4. The third kappa shape index (κ3) is 5.30. The summed E-state index contributed by atoms with van der Waals surface area (Å²) in [6, 6.07) is 63.1. The zero-order chi connectivity index (χ0) is 37.0. The fourth-order valence-corrected chi connectivity index (χ4v) is 8.61. The lowest BCUT2D eigenvalue weighted by Gasteiger charge is -2.13. The Hall–Kier alpha value is -7.30. The van der Waals surface area contributed by atoms with E-state index in [1.54, 1.807) is 0 Å². The second-order valence-corrected chi connectivity index (χ2v) is 14.5. The van der Waals surface area contributed by atoms with Crippen molar-refractivity contribution in [1.82, 2.24) is 19.1 Å². The molecule has 3 heterocycles.